The molecule has 19 heavy (non-hydrogen) atoms. The average molecular weight is 283 g/mol. The van der Waals surface area contributed by atoms with E-state index in [0.717, 1.165) is 30.1 Å². The number of rotatable bonds is 3. The van der Waals surface area contributed by atoms with Gasteiger partial charge in [0.05, 0.1) is 11.8 Å². The minimum absolute atomic E-state index is 0.0127. The van der Waals surface area contributed by atoms with Gasteiger partial charge < -0.3 is 10.0 Å². The summed E-state index contributed by atoms with van der Waals surface area (Å²) in [5, 5.41) is 13.4. The summed E-state index contributed by atoms with van der Waals surface area (Å²) >= 11 is 1.16. The first-order valence-electron chi connectivity index (χ1n) is 6.55. The molecule has 0 spiro atoms. The van der Waals surface area contributed by atoms with Crippen LogP contribution in [0.1, 0.15) is 49.0 Å². The van der Waals surface area contributed by atoms with Crippen molar-refractivity contribution in [2.24, 2.45) is 5.92 Å². The van der Waals surface area contributed by atoms with Crippen molar-refractivity contribution < 1.29 is 9.90 Å². The Morgan fingerprint density at radius 3 is 2.63 bits per heavy atom. The Hall–Kier alpha value is -1.01. The van der Waals surface area contributed by atoms with E-state index in [1.54, 1.807) is 11.9 Å². The van der Waals surface area contributed by atoms with Gasteiger partial charge in [-0.3, -0.25) is 4.79 Å². The van der Waals surface area contributed by atoms with Gasteiger partial charge in [0.15, 0.2) is 0 Å². The highest BCUT2D eigenvalue weighted by Gasteiger charge is 2.32. The van der Waals surface area contributed by atoms with Crippen LogP contribution in [0.2, 0.25) is 0 Å². The maximum Gasteiger partial charge on any atom is 0.267 e. The number of nitrogens with zero attached hydrogens (tertiary/aromatic N) is 3. The molecule has 0 saturated heterocycles. The molecule has 1 aliphatic rings. The molecule has 1 aliphatic carbocycles. The SMILES string of the molecule is CN(CC1CC(O)C1)C(=O)c1snnc1C(C)(C)C. The lowest BCUT2D eigenvalue weighted by Crippen LogP contribution is -2.39. The van der Waals surface area contributed by atoms with E-state index < -0.39 is 0 Å². The number of hydrogen-bond donors (Lipinski definition) is 1. The molecule has 1 saturated carbocycles. The largest absolute Gasteiger partial charge is 0.393 e. The second-order valence-corrected chi connectivity index (χ2v) is 7.13. The maximum absolute atomic E-state index is 12.4. The first-order valence-corrected chi connectivity index (χ1v) is 7.32. The Morgan fingerprint density at radius 2 is 2.11 bits per heavy atom. The summed E-state index contributed by atoms with van der Waals surface area (Å²) in [6, 6.07) is 0. The van der Waals surface area contributed by atoms with Crippen LogP contribution in [0, 0.1) is 5.92 Å². The molecule has 1 heterocycles. The number of aliphatic hydroxyl groups is 1. The van der Waals surface area contributed by atoms with Crippen LogP contribution in [0.4, 0.5) is 0 Å². The monoisotopic (exact) mass is 283 g/mol. The van der Waals surface area contributed by atoms with Crippen LogP contribution in [0.15, 0.2) is 0 Å². The van der Waals surface area contributed by atoms with E-state index in [4.69, 9.17) is 0 Å². The van der Waals surface area contributed by atoms with Crippen molar-refractivity contribution in [3.05, 3.63) is 10.6 Å². The molecule has 1 N–H and O–H groups in total. The molecule has 1 fully saturated rings. The minimum atomic E-state index is -0.177. The zero-order valence-corrected chi connectivity index (χ0v) is 12.7. The molecule has 1 amide bonds. The summed E-state index contributed by atoms with van der Waals surface area (Å²) in [6.07, 6.45) is 1.42. The van der Waals surface area contributed by atoms with E-state index in [1.807, 2.05) is 20.8 Å². The van der Waals surface area contributed by atoms with Crippen LogP contribution in [0.5, 0.6) is 0 Å². The third-order valence-corrected chi connectivity index (χ3v) is 4.20. The van der Waals surface area contributed by atoms with Crippen LogP contribution in [-0.4, -0.2) is 45.2 Å². The molecule has 106 valence electrons. The van der Waals surface area contributed by atoms with Crippen molar-refractivity contribution in [3.8, 4) is 0 Å². The molecular formula is C13H21N3O2S. The second kappa shape index (κ2) is 5.17. The quantitative estimate of drug-likeness (QED) is 0.916. The Balaban J connectivity index is 2.05. The fourth-order valence-electron chi connectivity index (χ4n) is 2.31. The topological polar surface area (TPSA) is 66.3 Å². The fourth-order valence-corrected chi connectivity index (χ4v) is 3.19. The van der Waals surface area contributed by atoms with Crippen LogP contribution in [0.3, 0.4) is 0 Å². The Kier molecular flexibility index (Phi) is 3.92. The molecular weight excluding hydrogens is 262 g/mol. The van der Waals surface area contributed by atoms with Crippen molar-refractivity contribution in [1.82, 2.24) is 14.5 Å². The Morgan fingerprint density at radius 1 is 1.47 bits per heavy atom. The van der Waals surface area contributed by atoms with Crippen molar-refractivity contribution in [2.75, 3.05) is 13.6 Å². The number of hydrogen-bond acceptors (Lipinski definition) is 5. The van der Waals surface area contributed by atoms with Crippen LogP contribution in [0.25, 0.3) is 0 Å². The molecule has 0 aliphatic heterocycles. The van der Waals surface area contributed by atoms with Gasteiger partial charge in [-0.15, -0.1) is 5.10 Å². The molecule has 1 aromatic rings. The molecule has 5 nitrogen and oxygen atoms in total. The smallest absolute Gasteiger partial charge is 0.267 e. The molecule has 2 rings (SSSR count). The van der Waals surface area contributed by atoms with Gasteiger partial charge >= 0.3 is 0 Å². The lowest BCUT2D eigenvalue weighted by Gasteiger charge is -2.34. The van der Waals surface area contributed by atoms with Crippen molar-refractivity contribution in [1.29, 1.82) is 0 Å². The zero-order valence-electron chi connectivity index (χ0n) is 11.9. The molecule has 0 radical (unpaired) electrons. The van der Waals surface area contributed by atoms with E-state index >= 15 is 0 Å². The van der Waals surface area contributed by atoms with Gasteiger partial charge in [-0.2, -0.15) is 0 Å². The third-order valence-electron chi connectivity index (χ3n) is 3.48. The van der Waals surface area contributed by atoms with Crippen molar-refractivity contribution in [3.63, 3.8) is 0 Å². The van der Waals surface area contributed by atoms with Crippen LogP contribution < -0.4 is 0 Å². The molecule has 0 aromatic carbocycles. The van der Waals surface area contributed by atoms with Crippen LogP contribution in [-0.2, 0) is 5.41 Å². The number of aliphatic hydroxyl groups excluding tert-OH is 1. The molecule has 0 unspecified atom stereocenters. The second-order valence-electron chi connectivity index (χ2n) is 6.38. The van der Waals surface area contributed by atoms with Gasteiger partial charge in [0.2, 0.25) is 0 Å². The maximum atomic E-state index is 12.4. The Bertz CT molecular complexity index is 461. The predicted octanol–water partition coefficient (Wildman–Crippen LogP) is 1.68. The van der Waals surface area contributed by atoms with E-state index in [-0.39, 0.29) is 17.4 Å². The summed E-state index contributed by atoms with van der Waals surface area (Å²) in [6.45, 7) is 6.78. The summed E-state index contributed by atoms with van der Waals surface area (Å²) in [5.41, 5.74) is 0.592. The highest BCUT2D eigenvalue weighted by Crippen LogP contribution is 2.30. The number of carbonyl (C=O) groups is 1. The van der Waals surface area contributed by atoms with E-state index in [2.05, 4.69) is 9.59 Å². The number of amides is 1. The molecule has 1 aromatic heterocycles. The zero-order chi connectivity index (χ0) is 14.2. The molecule has 0 bridgehead atoms. The number of aromatic nitrogens is 2. The van der Waals surface area contributed by atoms with Crippen molar-refractivity contribution >= 4 is 17.4 Å². The molecule has 0 atom stereocenters. The standard InChI is InChI=1S/C13H21N3O2S/c1-13(2,3)11-10(19-15-14-11)12(18)16(4)7-8-5-9(17)6-8/h8-9,17H,5-7H2,1-4H3. The lowest BCUT2D eigenvalue weighted by molar-refractivity contribution is 0.0266. The van der Waals surface area contributed by atoms with Gasteiger partial charge in [-0.25, -0.2) is 0 Å². The third kappa shape index (κ3) is 3.12. The lowest BCUT2D eigenvalue weighted by atomic mass is 9.82. The first-order chi connectivity index (χ1) is 8.79. The average Bonchev–Trinajstić information content (AvgIpc) is 2.74. The summed E-state index contributed by atoms with van der Waals surface area (Å²) < 4.78 is 3.92. The van der Waals surface area contributed by atoms with E-state index in [1.165, 1.54) is 0 Å². The van der Waals surface area contributed by atoms with E-state index in [9.17, 15) is 9.90 Å². The van der Waals surface area contributed by atoms with Gasteiger partial charge in [-0.05, 0) is 30.3 Å². The first kappa shape index (κ1) is 14.4. The van der Waals surface area contributed by atoms with Crippen LogP contribution >= 0.6 is 11.5 Å². The Labute approximate surface area is 117 Å². The summed E-state index contributed by atoms with van der Waals surface area (Å²) in [5.74, 6) is 0.407. The van der Waals surface area contributed by atoms with E-state index in [0.29, 0.717) is 17.3 Å². The predicted molar refractivity (Wildman–Crippen MR) is 74.3 cm³/mol. The van der Waals surface area contributed by atoms with Gasteiger partial charge in [0.25, 0.3) is 5.91 Å². The number of carbonyl (C=O) groups excluding carboxylic acids is 1. The molecule has 6 heteroatoms. The fraction of sp³-hybridized carbons (Fsp3) is 0.769. The van der Waals surface area contributed by atoms with Gasteiger partial charge in [-0.1, -0.05) is 25.3 Å². The van der Waals surface area contributed by atoms with Gasteiger partial charge in [0.1, 0.15) is 4.88 Å². The normalized spacial score (nSPS) is 23.0. The minimum Gasteiger partial charge on any atom is -0.393 e. The summed E-state index contributed by atoms with van der Waals surface area (Å²) in [7, 11) is 1.80. The van der Waals surface area contributed by atoms with Crippen molar-refractivity contribution in [2.45, 2.75) is 45.1 Å². The van der Waals surface area contributed by atoms with Gasteiger partial charge in [0, 0.05) is 19.0 Å². The highest BCUT2D eigenvalue weighted by atomic mass is 32.1. The summed E-state index contributed by atoms with van der Waals surface area (Å²) in [4.78, 5) is 14.8. The highest BCUT2D eigenvalue weighted by molar-refractivity contribution is 7.08.